The topological polar surface area (TPSA) is 45.6 Å². The first kappa shape index (κ1) is 17.9. The van der Waals surface area contributed by atoms with Gasteiger partial charge in [-0.05, 0) is 53.4 Å². The molecule has 0 radical (unpaired) electrons. The minimum Gasteiger partial charge on any atom is -0.382 e. The van der Waals surface area contributed by atoms with Gasteiger partial charge in [0.05, 0.1) is 4.47 Å². The van der Waals surface area contributed by atoms with Gasteiger partial charge in [-0.3, -0.25) is 4.99 Å². The molecule has 1 rings (SSSR count). The van der Waals surface area contributed by atoms with Gasteiger partial charge in [-0.15, -0.1) is 0 Å². The average Bonchev–Trinajstić information content (AvgIpc) is 2.48. The van der Waals surface area contributed by atoms with Crippen LogP contribution in [-0.4, -0.2) is 39.3 Å². The Kier molecular flexibility index (Phi) is 9.01. The quantitative estimate of drug-likeness (QED) is 0.426. The van der Waals surface area contributed by atoms with Crippen LogP contribution in [0.1, 0.15) is 18.9 Å². The van der Waals surface area contributed by atoms with Crippen molar-refractivity contribution in [2.45, 2.75) is 19.8 Å². The fraction of sp³-hybridized carbons (Fsp3) is 0.533. The zero-order valence-corrected chi connectivity index (χ0v) is 14.2. The van der Waals surface area contributed by atoms with Crippen LogP contribution >= 0.6 is 15.9 Å². The first-order chi connectivity index (χ1) is 10.2. The molecular weight excluding hydrogens is 337 g/mol. The summed E-state index contributed by atoms with van der Waals surface area (Å²) in [5, 5.41) is 6.46. The number of hydrogen-bond acceptors (Lipinski definition) is 2. The fourth-order valence-corrected chi connectivity index (χ4v) is 2.19. The maximum Gasteiger partial charge on any atom is 0.190 e. The summed E-state index contributed by atoms with van der Waals surface area (Å²) < 4.78 is 18.9. The van der Waals surface area contributed by atoms with Crippen LogP contribution in [-0.2, 0) is 11.2 Å². The summed E-state index contributed by atoms with van der Waals surface area (Å²) in [5.74, 6) is 0.533. The van der Waals surface area contributed by atoms with Gasteiger partial charge in [0.25, 0.3) is 0 Å². The first-order valence-corrected chi connectivity index (χ1v) is 7.92. The van der Waals surface area contributed by atoms with Crippen LogP contribution in [0.3, 0.4) is 0 Å². The summed E-state index contributed by atoms with van der Waals surface area (Å²) in [6.07, 6.45) is 1.75. The molecule has 0 saturated heterocycles. The van der Waals surface area contributed by atoms with Crippen LogP contribution in [0.5, 0.6) is 0 Å². The summed E-state index contributed by atoms with van der Waals surface area (Å²) in [6.45, 7) is 5.05. The Hall–Kier alpha value is -1.14. The molecule has 6 heteroatoms. The highest BCUT2D eigenvalue weighted by Crippen LogP contribution is 2.16. The predicted molar refractivity (Wildman–Crippen MR) is 88.3 cm³/mol. The lowest BCUT2D eigenvalue weighted by Gasteiger charge is -2.12. The largest absolute Gasteiger partial charge is 0.382 e. The number of aliphatic imine (C=N–C) groups is 1. The van der Waals surface area contributed by atoms with Gasteiger partial charge in [0.2, 0.25) is 0 Å². The minimum absolute atomic E-state index is 0.238. The second-order valence-electron chi connectivity index (χ2n) is 4.47. The van der Waals surface area contributed by atoms with E-state index in [2.05, 4.69) is 31.6 Å². The molecule has 0 aliphatic rings. The molecule has 0 aliphatic carbocycles. The molecule has 0 unspecified atom stereocenters. The van der Waals surface area contributed by atoms with Crippen LogP contribution in [0.4, 0.5) is 4.39 Å². The molecule has 1 aromatic carbocycles. The minimum atomic E-state index is -0.238. The lowest BCUT2D eigenvalue weighted by molar-refractivity contribution is 0.145. The molecule has 0 atom stereocenters. The molecule has 2 N–H and O–H groups in total. The molecule has 4 nitrogen and oxygen atoms in total. The van der Waals surface area contributed by atoms with E-state index in [9.17, 15) is 4.39 Å². The fourth-order valence-electron chi connectivity index (χ4n) is 1.77. The lowest BCUT2D eigenvalue weighted by Crippen LogP contribution is -2.39. The number of hydrogen-bond donors (Lipinski definition) is 2. The van der Waals surface area contributed by atoms with Crippen molar-refractivity contribution < 1.29 is 9.13 Å². The Morgan fingerprint density at radius 2 is 2.10 bits per heavy atom. The summed E-state index contributed by atoms with van der Waals surface area (Å²) in [6, 6.07) is 5.07. The Morgan fingerprint density at radius 3 is 2.76 bits per heavy atom. The van der Waals surface area contributed by atoms with Crippen LogP contribution in [0.2, 0.25) is 0 Å². The zero-order chi connectivity index (χ0) is 15.5. The summed E-state index contributed by atoms with van der Waals surface area (Å²) in [4.78, 5) is 4.15. The van der Waals surface area contributed by atoms with E-state index in [0.29, 0.717) is 4.47 Å². The number of nitrogens with one attached hydrogen (secondary N) is 2. The van der Waals surface area contributed by atoms with Gasteiger partial charge in [-0.25, -0.2) is 4.39 Å². The second-order valence-corrected chi connectivity index (χ2v) is 5.33. The van der Waals surface area contributed by atoms with Gasteiger partial charge < -0.3 is 15.4 Å². The van der Waals surface area contributed by atoms with Gasteiger partial charge in [-0.1, -0.05) is 6.07 Å². The number of rotatable bonds is 8. The van der Waals surface area contributed by atoms with Crippen LogP contribution in [0.25, 0.3) is 0 Å². The maximum atomic E-state index is 13.1. The molecule has 21 heavy (non-hydrogen) atoms. The summed E-state index contributed by atoms with van der Waals surface area (Å²) in [5.41, 5.74) is 1.07. The lowest BCUT2D eigenvalue weighted by atomic mass is 10.1. The zero-order valence-electron chi connectivity index (χ0n) is 12.6. The maximum absolute atomic E-state index is 13.1. The molecule has 0 saturated carbocycles. The molecule has 1 aromatic rings. The van der Waals surface area contributed by atoms with Gasteiger partial charge in [0.1, 0.15) is 5.82 Å². The Labute approximate surface area is 134 Å². The van der Waals surface area contributed by atoms with Crippen molar-refractivity contribution in [1.29, 1.82) is 0 Å². The third kappa shape index (κ3) is 7.43. The van der Waals surface area contributed by atoms with Crippen molar-refractivity contribution in [3.8, 4) is 0 Å². The third-order valence-corrected chi connectivity index (χ3v) is 3.48. The van der Waals surface area contributed by atoms with Crippen LogP contribution < -0.4 is 10.6 Å². The molecule has 0 heterocycles. The highest BCUT2D eigenvalue weighted by atomic mass is 79.9. The highest BCUT2D eigenvalue weighted by Gasteiger charge is 2.01. The average molecular weight is 360 g/mol. The molecule has 0 amide bonds. The van der Waals surface area contributed by atoms with Gasteiger partial charge in [0.15, 0.2) is 5.96 Å². The Balaban J connectivity index is 2.24. The summed E-state index contributed by atoms with van der Waals surface area (Å²) >= 11 is 3.19. The van der Waals surface area contributed by atoms with E-state index >= 15 is 0 Å². The van der Waals surface area contributed by atoms with Crippen LogP contribution in [0, 0.1) is 5.82 Å². The van der Waals surface area contributed by atoms with E-state index in [-0.39, 0.29) is 5.82 Å². The monoisotopic (exact) mass is 359 g/mol. The standard InChI is InChI=1S/C15H23BrFN3O/c1-3-21-10-4-8-19-15(18-2)20-9-7-12-5-6-14(17)13(16)11-12/h5-6,11H,3-4,7-10H2,1-2H3,(H2,18,19,20). The first-order valence-electron chi connectivity index (χ1n) is 7.13. The van der Waals surface area contributed by atoms with E-state index in [0.717, 1.165) is 50.7 Å². The van der Waals surface area contributed by atoms with E-state index < -0.39 is 0 Å². The van der Waals surface area contributed by atoms with E-state index in [4.69, 9.17) is 4.74 Å². The van der Waals surface area contributed by atoms with Crippen LogP contribution in [0.15, 0.2) is 27.7 Å². The van der Waals surface area contributed by atoms with Crippen molar-refractivity contribution in [3.05, 3.63) is 34.1 Å². The molecule has 0 fully saturated rings. The number of guanidine groups is 1. The van der Waals surface area contributed by atoms with Gasteiger partial charge in [-0.2, -0.15) is 0 Å². The van der Waals surface area contributed by atoms with Gasteiger partial charge in [0, 0.05) is 33.4 Å². The van der Waals surface area contributed by atoms with E-state index in [1.807, 2.05) is 6.92 Å². The summed E-state index contributed by atoms with van der Waals surface area (Å²) in [7, 11) is 1.74. The second kappa shape index (κ2) is 10.6. The Morgan fingerprint density at radius 1 is 1.33 bits per heavy atom. The SMILES string of the molecule is CCOCCCNC(=NC)NCCc1ccc(F)c(Br)c1. The predicted octanol–water partition coefficient (Wildman–Crippen LogP) is 2.72. The van der Waals surface area contributed by atoms with E-state index in [1.54, 1.807) is 19.2 Å². The number of ether oxygens (including phenoxy) is 1. The Bertz CT molecular complexity index is 455. The number of benzene rings is 1. The highest BCUT2D eigenvalue weighted by molar-refractivity contribution is 9.10. The van der Waals surface area contributed by atoms with Gasteiger partial charge >= 0.3 is 0 Å². The van der Waals surface area contributed by atoms with Crippen molar-refractivity contribution in [3.63, 3.8) is 0 Å². The number of halogens is 2. The molecule has 0 aromatic heterocycles. The molecular formula is C15H23BrFN3O. The van der Waals surface area contributed by atoms with E-state index in [1.165, 1.54) is 6.07 Å². The van der Waals surface area contributed by atoms with Crippen molar-refractivity contribution >= 4 is 21.9 Å². The number of nitrogens with zero attached hydrogens (tertiary/aromatic N) is 1. The van der Waals surface area contributed by atoms with Crippen molar-refractivity contribution in [1.82, 2.24) is 10.6 Å². The molecule has 0 spiro atoms. The molecule has 118 valence electrons. The van der Waals surface area contributed by atoms with Crippen molar-refractivity contribution in [2.24, 2.45) is 4.99 Å². The normalized spacial score (nSPS) is 11.5. The smallest absolute Gasteiger partial charge is 0.190 e. The molecule has 0 bridgehead atoms. The van der Waals surface area contributed by atoms with Crippen molar-refractivity contribution in [2.75, 3.05) is 33.4 Å². The third-order valence-electron chi connectivity index (χ3n) is 2.88. The molecule has 0 aliphatic heterocycles.